The minimum atomic E-state index is -1.07. The van der Waals surface area contributed by atoms with Crippen LogP contribution in [0.15, 0.2) is 40.9 Å². The Bertz CT molecular complexity index is 641. The van der Waals surface area contributed by atoms with E-state index >= 15 is 0 Å². The summed E-state index contributed by atoms with van der Waals surface area (Å²) in [5.41, 5.74) is 0.937. The zero-order valence-electron chi connectivity index (χ0n) is 9.98. The molecule has 0 atom stereocenters. The number of benzene rings is 2. The van der Waals surface area contributed by atoms with Gasteiger partial charge in [-0.25, -0.2) is 9.18 Å². The highest BCUT2D eigenvalue weighted by atomic mass is 79.9. The van der Waals surface area contributed by atoms with Crippen LogP contribution in [0.1, 0.15) is 15.9 Å². The van der Waals surface area contributed by atoms with E-state index in [-0.39, 0.29) is 15.8 Å². The molecule has 0 radical (unpaired) electrons. The molecule has 0 heterocycles. The molecule has 0 aromatic heterocycles. The third-order valence-electron chi connectivity index (χ3n) is 2.49. The van der Waals surface area contributed by atoms with Crippen molar-refractivity contribution in [2.45, 2.75) is 6.92 Å². The maximum Gasteiger partial charge on any atom is 0.339 e. The van der Waals surface area contributed by atoms with E-state index in [4.69, 9.17) is 9.84 Å². The van der Waals surface area contributed by atoms with E-state index in [1.807, 2.05) is 6.92 Å². The van der Waals surface area contributed by atoms with Crippen molar-refractivity contribution in [3.8, 4) is 11.5 Å². The predicted octanol–water partition coefficient (Wildman–Crippen LogP) is 4.39. The van der Waals surface area contributed by atoms with E-state index in [1.54, 1.807) is 12.1 Å². The zero-order valence-corrected chi connectivity index (χ0v) is 11.6. The standard InChI is InChI=1S/C14H10BrFO3/c1-8-2-4-10(14(17)18)13(6-8)19-9-3-5-12(16)11(15)7-9/h2-7H,1H3,(H,17,18). The molecule has 2 aromatic carbocycles. The molecular weight excluding hydrogens is 315 g/mol. The average molecular weight is 325 g/mol. The van der Waals surface area contributed by atoms with Crippen molar-refractivity contribution >= 4 is 21.9 Å². The minimum Gasteiger partial charge on any atom is -0.478 e. The third kappa shape index (κ3) is 3.12. The molecule has 0 saturated carbocycles. The monoisotopic (exact) mass is 324 g/mol. The number of ether oxygens (including phenoxy) is 1. The lowest BCUT2D eigenvalue weighted by Gasteiger charge is -2.10. The molecule has 5 heteroatoms. The second-order valence-electron chi connectivity index (χ2n) is 3.98. The van der Waals surface area contributed by atoms with Gasteiger partial charge >= 0.3 is 5.97 Å². The van der Waals surface area contributed by atoms with Gasteiger partial charge in [-0.3, -0.25) is 0 Å². The number of hydrogen-bond acceptors (Lipinski definition) is 2. The first-order valence-electron chi connectivity index (χ1n) is 5.44. The Morgan fingerprint density at radius 1 is 1.26 bits per heavy atom. The number of carbonyl (C=O) groups is 1. The first kappa shape index (κ1) is 13.5. The van der Waals surface area contributed by atoms with Gasteiger partial charge in [0.2, 0.25) is 0 Å². The van der Waals surface area contributed by atoms with Crippen molar-refractivity contribution < 1.29 is 19.0 Å². The lowest BCUT2D eigenvalue weighted by atomic mass is 10.1. The maximum atomic E-state index is 13.1. The highest BCUT2D eigenvalue weighted by Gasteiger charge is 2.12. The number of carboxylic acids is 1. The van der Waals surface area contributed by atoms with Crippen molar-refractivity contribution in [2.75, 3.05) is 0 Å². The highest BCUT2D eigenvalue weighted by Crippen LogP contribution is 2.29. The van der Waals surface area contributed by atoms with Gasteiger partial charge in [-0.1, -0.05) is 6.07 Å². The number of hydrogen-bond donors (Lipinski definition) is 1. The first-order chi connectivity index (χ1) is 8.97. The van der Waals surface area contributed by atoms with E-state index in [0.29, 0.717) is 5.75 Å². The van der Waals surface area contributed by atoms with Crippen LogP contribution >= 0.6 is 15.9 Å². The average Bonchev–Trinajstić information content (AvgIpc) is 2.33. The van der Waals surface area contributed by atoms with Crippen LogP contribution in [0.3, 0.4) is 0 Å². The van der Waals surface area contributed by atoms with Gasteiger partial charge in [0.15, 0.2) is 0 Å². The zero-order chi connectivity index (χ0) is 14.0. The fourth-order valence-corrected chi connectivity index (χ4v) is 1.92. The Morgan fingerprint density at radius 2 is 2.00 bits per heavy atom. The topological polar surface area (TPSA) is 46.5 Å². The van der Waals surface area contributed by atoms with E-state index in [2.05, 4.69) is 15.9 Å². The van der Waals surface area contributed by atoms with Crippen molar-refractivity contribution in [1.29, 1.82) is 0 Å². The van der Waals surface area contributed by atoms with E-state index in [0.717, 1.165) is 5.56 Å². The Morgan fingerprint density at radius 3 is 2.63 bits per heavy atom. The fourth-order valence-electron chi connectivity index (χ4n) is 1.56. The summed E-state index contributed by atoms with van der Waals surface area (Å²) in [5, 5.41) is 9.08. The summed E-state index contributed by atoms with van der Waals surface area (Å²) >= 11 is 3.05. The number of aromatic carboxylic acids is 1. The van der Waals surface area contributed by atoms with Crippen molar-refractivity contribution in [1.82, 2.24) is 0 Å². The highest BCUT2D eigenvalue weighted by molar-refractivity contribution is 9.10. The van der Waals surface area contributed by atoms with Gasteiger partial charge in [-0.15, -0.1) is 0 Å². The normalized spacial score (nSPS) is 10.3. The predicted molar refractivity (Wildman–Crippen MR) is 72.3 cm³/mol. The molecule has 0 aliphatic carbocycles. The first-order valence-corrected chi connectivity index (χ1v) is 6.23. The Hall–Kier alpha value is -1.88. The van der Waals surface area contributed by atoms with Crippen LogP contribution in [0, 0.1) is 12.7 Å². The van der Waals surface area contributed by atoms with Crippen LogP contribution in [0.5, 0.6) is 11.5 Å². The van der Waals surface area contributed by atoms with Gasteiger partial charge in [0.05, 0.1) is 4.47 Å². The molecule has 3 nitrogen and oxygen atoms in total. The van der Waals surface area contributed by atoms with Crippen molar-refractivity contribution in [3.63, 3.8) is 0 Å². The Labute approximate surface area is 117 Å². The summed E-state index contributed by atoms with van der Waals surface area (Å²) in [6, 6.07) is 8.93. The molecule has 98 valence electrons. The van der Waals surface area contributed by atoms with E-state index < -0.39 is 11.8 Å². The van der Waals surface area contributed by atoms with Crippen LogP contribution in [0.4, 0.5) is 4.39 Å². The summed E-state index contributed by atoms with van der Waals surface area (Å²) in [6.07, 6.45) is 0. The molecular formula is C14H10BrFO3. The second kappa shape index (κ2) is 5.40. The van der Waals surface area contributed by atoms with Crippen LogP contribution < -0.4 is 4.74 Å². The van der Waals surface area contributed by atoms with Gasteiger partial charge in [-0.2, -0.15) is 0 Å². The third-order valence-corrected chi connectivity index (χ3v) is 3.09. The largest absolute Gasteiger partial charge is 0.478 e. The van der Waals surface area contributed by atoms with Gasteiger partial charge in [0, 0.05) is 0 Å². The van der Waals surface area contributed by atoms with Crippen LogP contribution in [-0.2, 0) is 0 Å². The maximum absolute atomic E-state index is 13.1. The minimum absolute atomic E-state index is 0.0612. The van der Waals surface area contributed by atoms with Gasteiger partial charge < -0.3 is 9.84 Å². The lowest BCUT2D eigenvalue weighted by Crippen LogP contribution is -2.00. The van der Waals surface area contributed by atoms with Crippen molar-refractivity contribution in [3.05, 3.63) is 57.8 Å². The molecule has 0 unspecified atom stereocenters. The van der Waals surface area contributed by atoms with Gasteiger partial charge in [0.1, 0.15) is 22.9 Å². The SMILES string of the molecule is Cc1ccc(C(=O)O)c(Oc2ccc(F)c(Br)c2)c1. The van der Waals surface area contributed by atoms with Crippen LogP contribution in [-0.4, -0.2) is 11.1 Å². The fraction of sp³-hybridized carbons (Fsp3) is 0.0714. The number of halogens is 2. The number of rotatable bonds is 3. The molecule has 0 aliphatic heterocycles. The summed E-state index contributed by atoms with van der Waals surface area (Å²) in [5.74, 6) is -0.890. The van der Waals surface area contributed by atoms with Crippen LogP contribution in [0.25, 0.3) is 0 Å². The molecule has 0 fully saturated rings. The molecule has 0 spiro atoms. The Balaban J connectivity index is 2.39. The van der Waals surface area contributed by atoms with Gasteiger partial charge in [-0.05, 0) is 58.7 Å². The molecule has 2 rings (SSSR count). The summed E-state index contributed by atoms with van der Waals surface area (Å²) in [6.45, 7) is 1.83. The molecule has 0 saturated heterocycles. The molecule has 19 heavy (non-hydrogen) atoms. The van der Waals surface area contributed by atoms with Gasteiger partial charge in [0.25, 0.3) is 0 Å². The number of aryl methyl sites for hydroxylation is 1. The lowest BCUT2D eigenvalue weighted by molar-refractivity contribution is 0.0694. The summed E-state index contributed by atoms with van der Waals surface area (Å²) in [7, 11) is 0. The number of carboxylic acid groups (broad SMARTS) is 1. The second-order valence-corrected chi connectivity index (χ2v) is 4.84. The molecule has 0 amide bonds. The van der Waals surface area contributed by atoms with E-state index in [9.17, 15) is 9.18 Å². The molecule has 2 aromatic rings. The quantitative estimate of drug-likeness (QED) is 0.910. The summed E-state index contributed by atoms with van der Waals surface area (Å²) in [4.78, 5) is 11.1. The molecule has 0 bridgehead atoms. The van der Waals surface area contributed by atoms with E-state index in [1.165, 1.54) is 24.3 Å². The molecule has 0 aliphatic rings. The molecule has 1 N–H and O–H groups in total. The van der Waals surface area contributed by atoms with Crippen LogP contribution in [0.2, 0.25) is 0 Å². The smallest absolute Gasteiger partial charge is 0.339 e. The van der Waals surface area contributed by atoms with Crippen molar-refractivity contribution in [2.24, 2.45) is 0 Å². The Kier molecular flexibility index (Phi) is 3.85. The summed E-state index contributed by atoms with van der Waals surface area (Å²) < 4.78 is 18.9.